The summed E-state index contributed by atoms with van der Waals surface area (Å²) in [5.74, 6) is 2.32. The van der Waals surface area contributed by atoms with Crippen LogP contribution in [0.4, 0.5) is 0 Å². The van der Waals surface area contributed by atoms with Crippen LogP contribution < -0.4 is 0 Å². The second-order valence-electron chi connectivity index (χ2n) is 5.21. The van der Waals surface area contributed by atoms with E-state index in [1.54, 1.807) is 6.20 Å². The van der Waals surface area contributed by atoms with Crippen LogP contribution in [0, 0.1) is 5.92 Å². The Bertz CT molecular complexity index is 351. The first-order valence-electron chi connectivity index (χ1n) is 6.43. The van der Waals surface area contributed by atoms with Crippen LogP contribution in [0.15, 0.2) is 10.6 Å². The van der Waals surface area contributed by atoms with Crippen LogP contribution >= 0.6 is 0 Å². The number of rotatable bonds is 4. The van der Waals surface area contributed by atoms with Crippen molar-refractivity contribution in [1.29, 1.82) is 0 Å². The standard InChI is InChI=1S/C13H22N2O2/c1-10(9-16)12-7-14-13(17-12)6-11-4-3-5-15(2)8-11/h7,10-11,16H,3-6,8-9H2,1-2H3. The maximum atomic E-state index is 9.06. The maximum absolute atomic E-state index is 9.06. The second-order valence-corrected chi connectivity index (χ2v) is 5.21. The highest BCUT2D eigenvalue weighted by molar-refractivity contribution is 5.01. The van der Waals surface area contributed by atoms with Gasteiger partial charge in [-0.15, -0.1) is 0 Å². The Morgan fingerprint density at radius 2 is 2.47 bits per heavy atom. The van der Waals surface area contributed by atoms with Crippen LogP contribution in [0.25, 0.3) is 0 Å². The molecule has 2 unspecified atom stereocenters. The van der Waals surface area contributed by atoms with Gasteiger partial charge in [0.1, 0.15) is 5.76 Å². The minimum Gasteiger partial charge on any atom is -0.445 e. The fraction of sp³-hybridized carbons (Fsp3) is 0.769. The average molecular weight is 238 g/mol. The first-order chi connectivity index (χ1) is 8.19. The third kappa shape index (κ3) is 3.30. The molecule has 1 aliphatic rings. The number of hydrogen-bond acceptors (Lipinski definition) is 4. The fourth-order valence-corrected chi connectivity index (χ4v) is 2.42. The average Bonchev–Trinajstić information content (AvgIpc) is 2.76. The zero-order valence-corrected chi connectivity index (χ0v) is 10.7. The summed E-state index contributed by atoms with van der Waals surface area (Å²) in [5.41, 5.74) is 0. The van der Waals surface area contributed by atoms with Gasteiger partial charge >= 0.3 is 0 Å². The number of piperidine rings is 1. The summed E-state index contributed by atoms with van der Waals surface area (Å²) in [6.45, 7) is 4.39. The summed E-state index contributed by atoms with van der Waals surface area (Å²) in [6, 6.07) is 0. The SMILES string of the molecule is CC(CO)c1cnc(CC2CCCN(C)C2)o1. The third-order valence-corrected chi connectivity index (χ3v) is 3.52. The molecule has 17 heavy (non-hydrogen) atoms. The maximum Gasteiger partial charge on any atom is 0.194 e. The van der Waals surface area contributed by atoms with Crippen molar-refractivity contribution < 1.29 is 9.52 Å². The van der Waals surface area contributed by atoms with Crippen LogP contribution in [0.2, 0.25) is 0 Å². The smallest absolute Gasteiger partial charge is 0.194 e. The highest BCUT2D eigenvalue weighted by atomic mass is 16.4. The minimum absolute atomic E-state index is 0.0466. The van der Waals surface area contributed by atoms with Gasteiger partial charge in [0.2, 0.25) is 0 Å². The lowest BCUT2D eigenvalue weighted by Gasteiger charge is -2.28. The molecular weight excluding hydrogens is 216 g/mol. The predicted octanol–water partition coefficient (Wildman–Crippen LogP) is 1.65. The summed E-state index contributed by atoms with van der Waals surface area (Å²) in [7, 11) is 2.17. The van der Waals surface area contributed by atoms with Gasteiger partial charge in [0.25, 0.3) is 0 Å². The summed E-state index contributed by atoms with van der Waals surface area (Å²) < 4.78 is 5.68. The molecule has 1 saturated heterocycles. The Balaban J connectivity index is 1.92. The number of hydrogen-bond donors (Lipinski definition) is 1. The minimum atomic E-state index is 0.0466. The largest absolute Gasteiger partial charge is 0.445 e. The van der Waals surface area contributed by atoms with Gasteiger partial charge in [-0.1, -0.05) is 6.92 Å². The number of likely N-dealkylation sites (tertiary alicyclic amines) is 1. The van der Waals surface area contributed by atoms with E-state index in [0.29, 0.717) is 5.92 Å². The fourth-order valence-electron chi connectivity index (χ4n) is 2.42. The van der Waals surface area contributed by atoms with Crippen LogP contribution in [0.1, 0.15) is 37.3 Å². The van der Waals surface area contributed by atoms with Crippen molar-refractivity contribution in [2.45, 2.75) is 32.1 Å². The molecule has 4 heteroatoms. The summed E-state index contributed by atoms with van der Waals surface area (Å²) >= 11 is 0. The second kappa shape index (κ2) is 5.65. The molecule has 0 radical (unpaired) electrons. The number of oxazole rings is 1. The number of aliphatic hydroxyl groups excluding tert-OH is 1. The lowest BCUT2D eigenvalue weighted by molar-refractivity contribution is 0.200. The third-order valence-electron chi connectivity index (χ3n) is 3.52. The van der Waals surface area contributed by atoms with E-state index in [1.165, 1.54) is 19.4 Å². The van der Waals surface area contributed by atoms with E-state index in [4.69, 9.17) is 9.52 Å². The molecular formula is C13H22N2O2. The molecule has 0 saturated carbocycles. The number of aromatic nitrogens is 1. The van der Waals surface area contributed by atoms with Crippen molar-refractivity contribution >= 4 is 0 Å². The van der Waals surface area contributed by atoms with E-state index in [9.17, 15) is 0 Å². The highest BCUT2D eigenvalue weighted by Gasteiger charge is 2.20. The van der Waals surface area contributed by atoms with Gasteiger partial charge in [-0.3, -0.25) is 0 Å². The quantitative estimate of drug-likeness (QED) is 0.866. The molecule has 1 aliphatic heterocycles. The molecule has 1 N–H and O–H groups in total. The topological polar surface area (TPSA) is 49.5 Å². The van der Waals surface area contributed by atoms with Crippen molar-refractivity contribution in [3.63, 3.8) is 0 Å². The van der Waals surface area contributed by atoms with Crippen molar-refractivity contribution in [2.24, 2.45) is 5.92 Å². The molecule has 4 nitrogen and oxygen atoms in total. The van der Waals surface area contributed by atoms with Crippen molar-refractivity contribution in [3.8, 4) is 0 Å². The van der Waals surface area contributed by atoms with Gasteiger partial charge in [-0.05, 0) is 32.4 Å². The first kappa shape index (κ1) is 12.6. The lowest BCUT2D eigenvalue weighted by Crippen LogP contribution is -2.33. The van der Waals surface area contributed by atoms with Gasteiger partial charge in [0.15, 0.2) is 5.89 Å². The Kier molecular flexibility index (Phi) is 4.18. The van der Waals surface area contributed by atoms with Gasteiger partial charge in [-0.25, -0.2) is 4.98 Å². The molecule has 1 fully saturated rings. The van der Waals surface area contributed by atoms with E-state index in [1.807, 2.05) is 6.92 Å². The Hall–Kier alpha value is -0.870. The first-order valence-corrected chi connectivity index (χ1v) is 6.43. The molecule has 0 aromatic carbocycles. The predicted molar refractivity (Wildman–Crippen MR) is 65.9 cm³/mol. The molecule has 2 heterocycles. The monoisotopic (exact) mass is 238 g/mol. The van der Waals surface area contributed by atoms with E-state index < -0.39 is 0 Å². The van der Waals surface area contributed by atoms with Gasteiger partial charge in [0, 0.05) is 18.9 Å². The zero-order valence-electron chi connectivity index (χ0n) is 10.7. The van der Waals surface area contributed by atoms with Crippen LogP contribution in [-0.2, 0) is 6.42 Å². The molecule has 2 rings (SSSR count). The van der Waals surface area contributed by atoms with Gasteiger partial charge in [-0.2, -0.15) is 0 Å². The van der Waals surface area contributed by atoms with Crippen LogP contribution in [0.5, 0.6) is 0 Å². The summed E-state index contributed by atoms with van der Waals surface area (Å²) in [4.78, 5) is 6.68. The Morgan fingerprint density at radius 1 is 1.65 bits per heavy atom. The molecule has 0 amide bonds. The summed E-state index contributed by atoms with van der Waals surface area (Å²) in [5, 5.41) is 9.06. The van der Waals surface area contributed by atoms with Gasteiger partial charge < -0.3 is 14.4 Å². The van der Waals surface area contributed by atoms with E-state index in [2.05, 4.69) is 16.9 Å². The molecule has 0 aliphatic carbocycles. The van der Waals surface area contributed by atoms with Crippen LogP contribution in [0.3, 0.4) is 0 Å². The van der Waals surface area contributed by atoms with Crippen molar-refractivity contribution in [2.75, 3.05) is 26.7 Å². The van der Waals surface area contributed by atoms with E-state index >= 15 is 0 Å². The molecule has 1 aromatic heterocycles. The lowest BCUT2D eigenvalue weighted by atomic mass is 9.95. The zero-order chi connectivity index (χ0) is 12.3. The molecule has 96 valence electrons. The van der Waals surface area contributed by atoms with Crippen molar-refractivity contribution in [3.05, 3.63) is 17.8 Å². The Labute approximate surface area is 103 Å². The van der Waals surface area contributed by atoms with Crippen molar-refractivity contribution in [1.82, 2.24) is 9.88 Å². The van der Waals surface area contributed by atoms with Gasteiger partial charge in [0.05, 0.1) is 12.8 Å². The molecule has 0 spiro atoms. The summed E-state index contributed by atoms with van der Waals surface area (Å²) in [6.07, 6.45) is 5.20. The van der Waals surface area contributed by atoms with Crippen LogP contribution in [-0.4, -0.2) is 41.7 Å². The highest BCUT2D eigenvalue weighted by Crippen LogP contribution is 2.22. The van der Waals surface area contributed by atoms with E-state index in [-0.39, 0.29) is 12.5 Å². The number of aliphatic hydroxyl groups is 1. The Morgan fingerprint density at radius 3 is 3.18 bits per heavy atom. The van der Waals surface area contributed by atoms with E-state index in [0.717, 1.165) is 24.6 Å². The normalized spacial score (nSPS) is 23.8. The molecule has 2 atom stereocenters. The molecule has 1 aromatic rings. The molecule has 0 bridgehead atoms. The number of nitrogens with zero attached hydrogens (tertiary/aromatic N) is 2.